The zero-order valence-electron chi connectivity index (χ0n) is 14.7. The van der Waals surface area contributed by atoms with Crippen LogP contribution in [0.15, 0.2) is 47.7 Å². The molecular weight excluding hydrogens is 312 g/mol. The molecule has 3 heterocycles. The molecule has 0 amide bonds. The van der Waals surface area contributed by atoms with Crippen molar-refractivity contribution in [1.29, 1.82) is 0 Å². The molecule has 0 bridgehead atoms. The summed E-state index contributed by atoms with van der Waals surface area (Å²) in [6.07, 6.45) is 6.14. The van der Waals surface area contributed by atoms with Gasteiger partial charge in [-0.05, 0) is 25.8 Å². The second-order valence-electron chi connectivity index (χ2n) is 6.78. The molecular formula is C20H25N4O+. The van der Waals surface area contributed by atoms with Gasteiger partial charge < -0.3 is 10.1 Å². The van der Waals surface area contributed by atoms with E-state index in [1.54, 1.807) is 0 Å². The lowest BCUT2D eigenvalue weighted by atomic mass is 10.1. The Morgan fingerprint density at radius 1 is 1.24 bits per heavy atom. The highest BCUT2D eigenvalue weighted by molar-refractivity contribution is 5.96. The van der Waals surface area contributed by atoms with Gasteiger partial charge in [0, 0.05) is 24.4 Å². The summed E-state index contributed by atoms with van der Waals surface area (Å²) in [6.45, 7) is 5.52. The van der Waals surface area contributed by atoms with Gasteiger partial charge in [-0.15, -0.1) is 4.59 Å². The Morgan fingerprint density at radius 3 is 2.88 bits per heavy atom. The van der Waals surface area contributed by atoms with Crippen molar-refractivity contribution in [2.24, 2.45) is 5.10 Å². The smallest absolute Gasteiger partial charge is 0.265 e. The number of hydrogen-bond donors (Lipinski definition) is 1. The molecule has 1 aromatic heterocycles. The first-order valence-corrected chi connectivity index (χ1v) is 9.11. The first-order chi connectivity index (χ1) is 12.3. The van der Waals surface area contributed by atoms with E-state index in [1.165, 1.54) is 5.56 Å². The van der Waals surface area contributed by atoms with E-state index in [0.717, 1.165) is 56.2 Å². The number of fused-ring (bicyclic) bond motifs is 1. The molecule has 2 aliphatic rings. The van der Waals surface area contributed by atoms with Gasteiger partial charge in [0.1, 0.15) is 24.9 Å². The van der Waals surface area contributed by atoms with Crippen molar-refractivity contribution in [3.8, 4) is 0 Å². The van der Waals surface area contributed by atoms with Crippen molar-refractivity contribution in [3.05, 3.63) is 53.7 Å². The van der Waals surface area contributed by atoms with Crippen LogP contribution in [-0.2, 0) is 11.3 Å². The van der Waals surface area contributed by atoms with Crippen LogP contribution >= 0.6 is 0 Å². The number of benzene rings is 1. The number of nitrogens with zero attached hydrogens (tertiary/aromatic N) is 3. The molecule has 2 atom stereocenters. The van der Waals surface area contributed by atoms with Crippen molar-refractivity contribution < 1.29 is 4.74 Å². The fraction of sp³-hybridized carbons (Fsp3) is 0.400. The van der Waals surface area contributed by atoms with Gasteiger partial charge in [0.25, 0.3) is 5.82 Å². The average molecular weight is 337 g/mol. The summed E-state index contributed by atoms with van der Waals surface area (Å²) in [5, 5.41) is 8.52. The van der Waals surface area contributed by atoms with E-state index < -0.39 is 0 Å². The Balaban J connectivity index is 1.63. The largest absolute Gasteiger partial charge is 0.379 e. The summed E-state index contributed by atoms with van der Waals surface area (Å²) in [6, 6.07) is 12.9. The highest BCUT2D eigenvalue weighted by Crippen LogP contribution is 2.36. The third-order valence-electron chi connectivity index (χ3n) is 5.10. The summed E-state index contributed by atoms with van der Waals surface area (Å²) in [4.78, 5) is 4.71. The maximum absolute atomic E-state index is 5.60. The van der Waals surface area contributed by atoms with Gasteiger partial charge in [0.15, 0.2) is 0 Å². The van der Waals surface area contributed by atoms with Crippen molar-refractivity contribution in [2.45, 2.75) is 32.4 Å². The first-order valence-electron chi connectivity index (χ1n) is 9.11. The summed E-state index contributed by atoms with van der Waals surface area (Å²) < 4.78 is 6.12. The molecule has 1 fully saturated rings. The van der Waals surface area contributed by atoms with Gasteiger partial charge in [-0.1, -0.05) is 35.4 Å². The third-order valence-corrected chi connectivity index (χ3v) is 5.10. The minimum Gasteiger partial charge on any atom is -0.379 e. The highest BCUT2D eigenvalue weighted by atomic mass is 16.5. The van der Waals surface area contributed by atoms with Crippen LogP contribution in [0.5, 0.6) is 0 Å². The summed E-state index contributed by atoms with van der Waals surface area (Å²) in [5.74, 6) is 1.04. The number of hydrogen-bond acceptors (Lipinski definition) is 4. The van der Waals surface area contributed by atoms with E-state index in [1.807, 2.05) is 18.5 Å². The van der Waals surface area contributed by atoms with Gasteiger partial charge in [-0.3, -0.25) is 0 Å². The standard InChI is InChI=1S/C20H25N4O/c1-2-24(14-16-7-4-3-5-8-16)20-18(13-22-24)19(10-11-21-20)23-17-9-6-12-25-15-17/h3-5,7-8,10-11,13,17H,2,6,9,12,14-15H2,1H3,(H,21,23)/q+1. The first kappa shape index (κ1) is 16.2. The maximum Gasteiger partial charge on any atom is 0.265 e. The topological polar surface area (TPSA) is 46.5 Å². The summed E-state index contributed by atoms with van der Waals surface area (Å²) in [5.41, 5.74) is 3.51. The number of anilines is 1. The maximum atomic E-state index is 5.60. The molecule has 1 aromatic carbocycles. The normalized spacial score (nSPS) is 24.9. The van der Waals surface area contributed by atoms with Gasteiger partial charge in [0.2, 0.25) is 0 Å². The zero-order valence-corrected chi connectivity index (χ0v) is 14.7. The predicted molar refractivity (Wildman–Crippen MR) is 102 cm³/mol. The number of nitrogens with one attached hydrogen (secondary N) is 1. The third kappa shape index (κ3) is 3.17. The molecule has 1 N–H and O–H groups in total. The molecule has 0 aliphatic carbocycles. The quantitative estimate of drug-likeness (QED) is 0.849. The molecule has 0 spiro atoms. The Morgan fingerprint density at radius 2 is 2.12 bits per heavy atom. The molecule has 5 heteroatoms. The van der Waals surface area contributed by atoms with Crippen LogP contribution in [0.4, 0.5) is 11.5 Å². The van der Waals surface area contributed by atoms with Crippen molar-refractivity contribution >= 4 is 17.7 Å². The molecule has 2 unspecified atom stereocenters. The van der Waals surface area contributed by atoms with Crippen molar-refractivity contribution in [1.82, 2.24) is 9.58 Å². The molecule has 2 aliphatic heterocycles. The van der Waals surface area contributed by atoms with Crippen LogP contribution < -0.4 is 9.91 Å². The van der Waals surface area contributed by atoms with Crippen molar-refractivity contribution in [2.75, 3.05) is 25.1 Å². The van der Waals surface area contributed by atoms with Gasteiger partial charge in [-0.2, -0.15) is 0 Å². The Hall–Kier alpha value is -2.24. The van der Waals surface area contributed by atoms with Crippen LogP contribution in [0.25, 0.3) is 0 Å². The van der Waals surface area contributed by atoms with Crippen LogP contribution in [0, 0.1) is 0 Å². The van der Waals surface area contributed by atoms with E-state index in [2.05, 4.69) is 42.6 Å². The fourth-order valence-electron chi connectivity index (χ4n) is 3.69. The van der Waals surface area contributed by atoms with Gasteiger partial charge >= 0.3 is 0 Å². The van der Waals surface area contributed by atoms with E-state index >= 15 is 0 Å². The minimum atomic E-state index is 0.367. The number of ether oxygens (including phenoxy) is 1. The Labute approximate surface area is 148 Å². The molecule has 0 radical (unpaired) electrons. The van der Waals surface area contributed by atoms with Gasteiger partial charge in [0.05, 0.1) is 12.3 Å². The van der Waals surface area contributed by atoms with Crippen LogP contribution in [0.2, 0.25) is 0 Å². The Bertz CT molecular complexity index is 756. The van der Waals surface area contributed by atoms with Crippen LogP contribution in [0.1, 0.15) is 30.9 Å². The van der Waals surface area contributed by atoms with E-state index in [9.17, 15) is 0 Å². The molecule has 5 nitrogen and oxygen atoms in total. The van der Waals surface area contributed by atoms with Crippen LogP contribution in [0.3, 0.4) is 0 Å². The second-order valence-corrected chi connectivity index (χ2v) is 6.78. The lowest BCUT2D eigenvalue weighted by Gasteiger charge is -2.28. The van der Waals surface area contributed by atoms with E-state index in [4.69, 9.17) is 14.8 Å². The fourth-order valence-corrected chi connectivity index (χ4v) is 3.69. The minimum absolute atomic E-state index is 0.367. The second kappa shape index (κ2) is 6.94. The number of rotatable bonds is 5. The predicted octanol–water partition coefficient (Wildman–Crippen LogP) is 3.55. The number of aromatic nitrogens is 1. The molecule has 0 saturated carbocycles. The van der Waals surface area contributed by atoms with E-state index in [0.29, 0.717) is 10.6 Å². The average Bonchev–Trinajstić information content (AvgIpc) is 3.04. The highest BCUT2D eigenvalue weighted by Gasteiger charge is 2.39. The summed E-state index contributed by atoms with van der Waals surface area (Å²) in [7, 11) is 0. The number of quaternary nitrogens is 1. The van der Waals surface area contributed by atoms with Crippen LogP contribution in [-0.4, -0.2) is 37.0 Å². The summed E-state index contributed by atoms with van der Waals surface area (Å²) >= 11 is 0. The van der Waals surface area contributed by atoms with Crippen molar-refractivity contribution in [3.63, 3.8) is 0 Å². The molecule has 1 saturated heterocycles. The molecule has 2 aromatic rings. The van der Waals surface area contributed by atoms with Gasteiger partial charge in [-0.25, -0.2) is 4.98 Å². The lowest BCUT2D eigenvalue weighted by Crippen LogP contribution is -2.42. The molecule has 25 heavy (non-hydrogen) atoms. The van der Waals surface area contributed by atoms with E-state index in [-0.39, 0.29) is 0 Å². The monoisotopic (exact) mass is 337 g/mol. The molecule has 4 rings (SSSR count). The number of pyridine rings is 1. The molecule has 130 valence electrons. The SMILES string of the molecule is CC[N+]1(Cc2ccccc2)N=Cc2c(NC3CCCOC3)ccnc21. The Kier molecular flexibility index (Phi) is 4.51. The lowest BCUT2D eigenvalue weighted by molar-refractivity contribution is 0.0876. The zero-order chi connectivity index (χ0) is 17.1.